The summed E-state index contributed by atoms with van der Waals surface area (Å²) in [7, 11) is -3.51. The Balaban J connectivity index is 1.85. The molecule has 0 unspecified atom stereocenters. The van der Waals surface area contributed by atoms with E-state index in [0.717, 1.165) is 3.57 Å². The van der Waals surface area contributed by atoms with Crippen molar-refractivity contribution in [3.8, 4) is 0 Å². The summed E-state index contributed by atoms with van der Waals surface area (Å²) in [5.41, 5.74) is 1.62. The molecule has 6 nitrogen and oxygen atoms in total. The Kier molecular flexibility index (Phi) is 4.79. The first-order valence-corrected chi connectivity index (χ1v) is 11.2. The molecule has 27 heavy (non-hydrogen) atoms. The van der Waals surface area contributed by atoms with E-state index in [2.05, 4.69) is 14.9 Å². The van der Waals surface area contributed by atoms with E-state index in [0.29, 0.717) is 41.1 Å². The Hall–Kier alpha value is -1.46. The van der Waals surface area contributed by atoms with Crippen molar-refractivity contribution in [2.24, 2.45) is 0 Å². The Labute approximate surface area is 174 Å². The number of anilines is 1. The lowest BCUT2D eigenvalue weighted by atomic mass is 10.0. The molecule has 2 heterocycles. The van der Waals surface area contributed by atoms with Gasteiger partial charge in [-0.1, -0.05) is 17.7 Å². The number of sulfonamides is 1. The van der Waals surface area contributed by atoms with E-state index in [9.17, 15) is 12.8 Å². The summed E-state index contributed by atoms with van der Waals surface area (Å²) in [6.07, 6.45) is 3.01. The standard InChI is InChI=1S/C17H15ClFIN4O2S/c1-9-21-22-17-16(18)13(6-10-2-3-11(20)7-14(10)19)15(8-24(9)17)23-27(25,26)12-4-5-12/h2-3,7-8,12,23H,4-6H2,1H3. The van der Waals surface area contributed by atoms with Gasteiger partial charge in [0.05, 0.1) is 16.0 Å². The molecular weight excluding hydrogens is 506 g/mol. The highest BCUT2D eigenvalue weighted by Crippen LogP contribution is 2.35. The lowest BCUT2D eigenvalue weighted by Gasteiger charge is -2.15. The van der Waals surface area contributed by atoms with Gasteiger partial charge in [-0.3, -0.25) is 9.12 Å². The van der Waals surface area contributed by atoms with Crippen LogP contribution in [0, 0.1) is 16.3 Å². The number of aromatic nitrogens is 3. The third-order valence-corrected chi connectivity index (χ3v) is 7.43. The summed E-state index contributed by atoms with van der Waals surface area (Å²) in [6, 6.07) is 4.89. The third kappa shape index (κ3) is 3.64. The topological polar surface area (TPSA) is 76.4 Å². The largest absolute Gasteiger partial charge is 0.283 e. The first-order chi connectivity index (χ1) is 12.8. The molecule has 0 radical (unpaired) electrons. The van der Waals surface area contributed by atoms with Gasteiger partial charge in [0.1, 0.15) is 11.6 Å². The van der Waals surface area contributed by atoms with Crippen LogP contribution in [0.2, 0.25) is 5.02 Å². The Morgan fingerprint density at radius 3 is 2.78 bits per heavy atom. The highest BCUT2D eigenvalue weighted by Gasteiger charge is 2.36. The van der Waals surface area contributed by atoms with Gasteiger partial charge in [-0.15, -0.1) is 10.2 Å². The van der Waals surface area contributed by atoms with E-state index in [-0.39, 0.29) is 17.3 Å². The Bertz CT molecular complexity index is 1160. The molecule has 1 fully saturated rings. The quantitative estimate of drug-likeness (QED) is 0.517. The number of benzene rings is 1. The molecule has 1 saturated carbocycles. The van der Waals surface area contributed by atoms with Crippen LogP contribution in [-0.2, 0) is 16.4 Å². The molecule has 0 saturated heterocycles. The monoisotopic (exact) mass is 520 g/mol. The molecule has 0 amide bonds. The van der Waals surface area contributed by atoms with E-state index in [1.165, 1.54) is 6.07 Å². The number of nitrogens with zero attached hydrogens (tertiary/aromatic N) is 3. The van der Waals surface area contributed by atoms with E-state index in [1.807, 2.05) is 22.6 Å². The molecule has 1 aliphatic carbocycles. The number of rotatable bonds is 5. The van der Waals surface area contributed by atoms with Crippen LogP contribution < -0.4 is 4.72 Å². The smallest absolute Gasteiger partial charge is 0.235 e. The number of hydrogen-bond donors (Lipinski definition) is 1. The van der Waals surface area contributed by atoms with Crippen molar-refractivity contribution in [3.05, 3.63) is 55.8 Å². The zero-order valence-corrected chi connectivity index (χ0v) is 17.9. The van der Waals surface area contributed by atoms with Crippen LogP contribution in [0.5, 0.6) is 0 Å². The second-order valence-corrected chi connectivity index (χ2v) is 10.1. The summed E-state index contributed by atoms with van der Waals surface area (Å²) in [5.74, 6) is 0.206. The molecule has 1 aromatic carbocycles. The molecular formula is C17H15ClFIN4O2S. The second-order valence-electron chi connectivity index (χ2n) is 6.54. The molecule has 142 valence electrons. The lowest BCUT2D eigenvalue weighted by molar-refractivity contribution is 0.600. The van der Waals surface area contributed by atoms with Crippen LogP contribution in [-0.4, -0.2) is 28.3 Å². The maximum atomic E-state index is 14.4. The Morgan fingerprint density at radius 2 is 2.11 bits per heavy atom. The van der Waals surface area contributed by atoms with Gasteiger partial charge < -0.3 is 0 Å². The highest BCUT2D eigenvalue weighted by atomic mass is 127. The van der Waals surface area contributed by atoms with Crippen molar-refractivity contribution in [2.45, 2.75) is 31.4 Å². The fraction of sp³-hybridized carbons (Fsp3) is 0.294. The number of aryl methyl sites for hydroxylation is 1. The normalized spacial score (nSPS) is 14.7. The maximum Gasteiger partial charge on any atom is 0.235 e. The van der Waals surface area contributed by atoms with Crippen molar-refractivity contribution >= 4 is 55.5 Å². The fourth-order valence-electron chi connectivity index (χ4n) is 2.86. The van der Waals surface area contributed by atoms with Gasteiger partial charge >= 0.3 is 0 Å². The van der Waals surface area contributed by atoms with E-state index >= 15 is 0 Å². The van der Waals surface area contributed by atoms with Gasteiger partial charge in [0, 0.05) is 21.8 Å². The highest BCUT2D eigenvalue weighted by molar-refractivity contribution is 14.1. The number of halogens is 3. The molecule has 3 aromatic rings. The SMILES string of the molecule is Cc1nnc2c(Cl)c(Cc3ccc(I)cc3F)c(NS(=O)(=O)C3CC3)cn12. The summed E-state index contributed by atoms with van der Waals surface area (Å²) in [4.78, 5) is 0. The average Bonchev–Trinajstić information content (AvgIpc) is 3.39. The van der Waals surface area contributed by atoms with Crippen molar-refractivity contribution in [2.75, 3.05) is 4.72 Å². The predicted molar refractivity (Wildman–Crippen MR) is 110 cm³/mol. The van der Waals surface area contributed by atoms with E-state index < -0.39 is 15.3 Å². The molecule has 4 rings (SSSR count). The van der Waals surface area contributed by atoms with Gasteiger partial charge in [-0.2, -0.15) is 0 Å². The van der Waals surface area contributed by atoms with E-state index in [4.69, 9.17) is 11.6 Å². The van der Waals surface area contributed by atoms with Crippen LogP contribution in [0.25, 0.3) is 5.65 Å². The maximum absolute atomic E-state index is 14.4. The molecule has 0 spiro atoms. The number of fused-ring (bicyclic) bond motifs is 1. The van der Waals surface area contributed by atoms with Gasteiger partial charge in [0.25, 0.3) is 0 Å². The number of nitrogens with one attached hydrogen (secondary N) is 1. The van der Waals surface area contributed by atoms with Crippen molar-refractivity contribution < 1.29 is 12.8 Å². The van der Waals surface area contributed by atoms with Crippen molar-refractivity contribution in [1.82, 2.24) is 14.6 Å². The van der Waals surface area contributed by atoms with Crippen LogP contribution in [0.1, 0.15) is 29.8 Å². The summed E-state index contributed by atoms with van der Waals surface area (Å²) in [5, 5.41) is 7.91. The summed E-state index contributed by atoms with van der Waals surface area (Å²) in [6.45, 7) is 1.74. The third-order valence-electron chi connectivity index (χ3n) is 4.51. The summed E-state index contributed by atoms with van der Waals surface area (Å²) >= 11 is 8.57. The second kappa shape index (κ2) is 6.85. The van der Waals surface area contributed by atoms with Crippen LogP contribution in [0.4, 0.5) is 10.1 Å². The molecule has 2 aromatic heterocycles. The number of pyridine rings is 1. The van der Waals surface area contributed by atoms with Crippen molar-refractivity contribution in [3.63, 3.8) is 0 Å². The molecule has 1 N–H and O–H groups in total. The van der Waals surface area contributed by atoms with Gasteiger partial charge in [-0.05, 0) is 60.1 Å². The van der Waals surface area contributed by atoms with E-state index in [1.54, 1.807) is 29.7 Å². The first-order valence-electron chi connectivity index (χ1n) is 8.24. The van der Waals surface area contributed by atoms with Crippen LogP contribution >= 0.6 is 34.2 Å². The van der Waals surface area contributed by atoms with Crippen LogP contribution in [0.15, 0.2) is 24.4 Å². The Morgan fingerprint density at radius 1 is 1.37 bits per heavy atom. The minimum atomic E-state index is -3.51. The zero-order chi connectivity index (χ0) is 19.3. The fourth-order valence-corrected chi connectivity index (χ4v) is 5.02. The number of hydrogen-bond acceptors (Lipinski definition) is 4. The molecule has 0 aliphatic heterocycles. The zero-order valence-electron chi connectivity index (χ0n) is 14.2. The summed E-state index contributed by atoms with van der Waals surface area (Å²) < 4.78 is 44.4. The average molecular weight is 521 g/mol. The van der Waals surface area contributed by atoms with Gasteiger partial charge in [0.2, 0.25) is 10.0 Å². The minimum Gasteiger partial charge on any atom is -0.283 e. The molecule has 0 bridgehead atoms. The first kappa shape index (κ1) is 18.9. The van der Waals surface area contributed by atoms with Gasteiger partial charge in [-0.25, -0.2) is 12.8 Å². The predicted octanol–water partition coefficient (Wildman–Crippen LogP) is 3.93. The van der Waals surface area contributed by atoms with Crippen molar-refractivity contribution in [1.29, 1.82) is 0 Å². The minimum absolute atomic E-state index is 0.131. The van der Waals surface area contributed by atoms with Gasteiger partial charge in [0.15, 0.2) is 5.65 Å². The lowest BCUT2D eigenvalue weighted by Crippen LogP contribution is -2.19. The van der Waals surface area contributed by atoms with Crippen LogP contribution in [0.3, 0.4) is 0 Å². The molecule has 0 atom stereocenters. The molecule has 10 heteroatoms. The molecule has 1 aliphatic rings.